The molecule has 4 heteroatoms. The number of rotatable bonds is 7. The second-order valence-corrected chi connectivity index (χ2v) is 6.17. The monoisotopic (exact) mass is 315 g/mol. The highest BCUT2D eigenvalue weighted by atomic mass is 32.2. The van der Waals surface area contributed by atoms with E-state index >= 15 is 0 Å². The molecule has 2 aromatic rings. The third kappa shape index (κ3) is 5.11. The summed E-state index contributed by atoms with van der Waals surface area (Å²) in [4.78, 5) is 13.2. The lowest BCUT2D eigenvalue weighted by molar-refractivity contribution is -0.120. The van der Waals surface area contributed by atoms with E-state index in [1.54, 1.807) is 18.9 Å². The van der Waals surface area contributed by atoms with Crippen LogP contribution in [0.5, 0.6) is 5.75 Å². The van der Waals surface area contributed by atoms with Crippen LogP contribution in [0.3, 0.4) is 0 Å². The molecule has 2 rings (SSSR count). The molecule has 0 fully saturated rings. The number of hydrogen-bond acceptors (Lipinski definition) is 3. The highest BCUT2D eigenvalue weighted by molar-refractivity contribution is 7.99. The largest absolute Gasteiger partial charge is 0.496 e. The number of para-hydroxylation sites is 1. The Morgan fingerprint density at radius 2 is 1.86 bits per heavy atom. The van der Waals surface area contributed by atoms with Crippen LogP contribution in [0.25, 0.3) is 0 Å². The molecule has 1 amide bonds. The van der Waals surface area contributed by atoms with E-state index in [1.807, 2.05) is 24.3 Å². The van der Waals surface area contributed by atoms with E-state index in [-0.39, 0.29) is 5.91 Å². The van der Waals surface area contributed by atoms with Gasteiger partial charge in [-0.2, -0.15) is 0 Å². The summed E-state index contributed by atoms with van der Waals surface area (Å²) in [6, 6.07) is 16.0. The third-order valence-electron chi connectivity index (χ3n) is 3.26. The van der Waals surface area contributed by atoms with Crippen LogP contribution < -0.4 is 10.1 Å². The Kier molecular flexibility index (Phi) is 6.34. The van der Waals surface area contributed by atoms with Gasteiger partial charge in [-0.05, 0) is 25.1 Å². The predicted octanol–water partition coefficient (Wildman–Crippen LogP) is 3.45. The summed E-state index contributed by atoms with van der Waals surface area (Å²) < 4.78 is 5.26. The van der Waals surface area contributed by atoms with E-state index < -0.39 is 0 Å². The maximum Gasteiger partial charge on any atom is 0.224 e. The summed E-state index contributed by atoms with van der Waals surface area (Å²) in [5, 5.41) is 2.95. The Labute approximate surface area is 136 Å². The van der Waals surface area contributed by atoms with E-state index in [4.69, 9.17) is 4.74 Å². The zero-order valence-electron chi connectivity index (χ0n) is 13.0. The number of benzene rings is 2. The van der Waals surface area contributed by atoms with Gasteiger partial charge in [-0.3, -0.25) is 4.79 Å². The van der Waals surface area contributed by atoms with E-state index in [1.165, 1.54) is 10.5 Å². The van der Waals surface area contributed by atoms with Crippen LogP contribution in [-0.2, 0) is 11.2 Å². The van der Waals surface area contributed by atoms with Gasteiger partial charge >= 0.3 is 0 Å². The number of thioether (sulfide) groups is 1. The standard InChI is InChI=1S/C18H21NO2S/c1-14-7-9-16(10-8-14)22-12-11-19-18(20)13-15-5-3-4-6-17(15)21-2/h3-10H,11-13H2,1-2H3,(H,19,20). The summed E-state index contributed by atoms with van der Waals surface area (Å²) in [6.45, 7) is 2.74. The summed E-state index contributed by atoms with van der Waals surface area (Å²) in [5.41, 5.74) is 2.17. The first-order valence-corrected chi connectivity index (χ1v) is 8.25. The Morgan fingerprint density at radius 1 is 1.14 bits per heavy atom. The summed E-state index contributed by atoms with van der Waals surface area (Å²) in [6.07, 6.45) is 0.346. The van der Waals surface area contributed by atoms with Gasteiger partial charge in [0.2, 0.25) is 5.91 Å². The number of methoxy groups -OCH3 is 1. The van der Waals surface area contributed by atoms with Crippen molar-refractivity contribution in [2.24, 2.45) is 0 Å². The SMILES string of the molecule is COc1ccccc1CC(=O)NCCSc1ccc(C)cc1. The lowest BCUT2D eigenvalue weighted by Crippen LogP contribution is -2.27. The van der Waals surface area contributed by atoms with Crippen molar-refractivity contribution in [2.45, 2.75) is 18.2 Å². The molecule has 3 nitrogen and oxygen atoms in total. The van der Waals surface area contributed by atoms with Crippen molar-refractivity contribution in [3.05, 3.63) is 59.7 Å². The molecule has 0 aliphatic heterocycles. The molecule has 0 aromatic heterocycles. The predicted molar refractivity (Wildman–Crippen MR) is 91.6 cm³/mol. The molecule has 22 heavy (non-hydrogen) atoms. The minimum Gasteiger partial charge on any atom is -0.496 e. The number of carbonyl (C=O) groups is 1. The quantitative estimate of drug-likeness (QED) is 0.628. The van der Waals surface area contributed by atoms with Gasteiger partial charge in [-0.25, -0.2) is 0 Å². The molecule has 0 bridgehead atoms. The van der Waals surface area contributed by atoms with Gasteiger partial charge in [-0.1, -0.05) is 35.9 Å². The fraction of sp³-hybridized carbons (Fsp3) is 0.278. The highest BCUT2D eigenvalue weighted by Crippen LogP contribution is 2.18. The molecule has 0 heterocycles. The average molecular weight is 315 g/mol. The molecule has 0 saturated heterocycles. The molecular weight excluding hydrogens is 294 g/mol. The van der Waals surface area contributed by atoms with Crippen molar-refractivity contribution in [1.82, 2.24) is 5.32 Å². The fourth-order valence-electron chi connectivity index (χ4n) is 2.08. The molecule has 0 saturated carbocycles. The first-order chi connectivity index (χ1) is 10.7. The van der Waals surface area contributed by atoms with Crippen molar-refractivity contribution in [2.75, 3.05) is 19.4 Å². The van der Waals surface area contributed by atoms with E-state index in [0.29, 0.717) is 13.0 Å². The van der Waals surface area contributed by atoms with Gasteiger partial charge in [0.1, 0.15) is 5.75 Å². The van der Waals surface area contributed by atoms with E-state index in [2.05, 4.69) is 36.5 Å². The highest BCUT2D eigenvalue weighted by Gasteiger charge is 2.07. The van der Waals surface area contributed by atoms with Crippen LogP contribution in [0.2, 0.25) is 0 Å². The smallest absolute Gasteiger partial charge is 0.224 e. The minimum atomic E-state index is 0.0222. The van der Waals surface area contributed by atoms with Gasteiger partial charge in [-0.15, -0.1) is 11.8 Å². The molecular formula is C18H21NO2S. The van der Waals surface area contributed by atoms with E-state index in [9.17, 15) is 4.79 Å². The van der Waals surface area contributed by atoms with Crippen molar-refractivity contribution < 1.29 is 9.53 Å². The number of carbonyl (C=O) groups excluding carboxylic acids is 1. The van der Waals surface area contributed by atoms with Crippen LogP contribution in [0.15, 0.2) is 53.4 Å². The number of nitrogens with one attached hydrogen (secondary N) is 1. The molecule has 0 radical (unpaired) electrons. The summed E-state index contributed by atoms with van der Waals surface area (Å²) in [7, 11) is 1.62. The second-order valence-electron chi connectivity index (χ2n) is 5.00. The van der Waals surface area contributed by atoms with E-state index in [0.717, 1.165) is 17.1 Å². The lowest BCUT2D eigenvalue weighted by atomic mass is 10.1. The Bertz CT molecular complexity index is 611. The molecule has 2 aromatic carbocycles. The summed E-state index contributed by atoms with van der Waals surface area (Å²) >= 11 is 1.75. The van der Waals surface area contributed by atoms with Crippen LogP contribution in [0.1, 0.15) is 11.1 Å². The number of ether oxygens (including phenoxy) is 1. The zero-order valence-corrected chi connectivity index (χ0v) is 13.8. The van der Waals surface area contributed by atoms with Crippen LogP contribution in [-0.4, -0.2) is 25.3 Å². The molecule has 1 N–H and O–H groups in total. The molecule has 0 aliphatic rings. The van der Waals surface area contributed by atoms with Gasteiger partial charge < -0.3 is 10.1 Å². The number of aryl methyl sites for hydroxylation is 1. The summed E-state index contributed by atoms with van der Waals surface area (Å²) in [5.74, 6) is 1.64. The zero-order chi connectivity index (χ0) is 15.8. The Hall–Kier alpha value is -1.94. The first kappa shape index (κ1) is 16.4. The average Bonchev–Trinajstić information content (AvgIpc) is 2.54. The molecule has 0 atom stereocenters. The lowest BCUT2D eigenvalue weighted by Gasteiger charge is -2.09. The van der Waals surface area contributed by atoms with Crippen molar-refractivity contribution >= 4 is 17.7 Å². The third-order valence-corrected chi connectivity index (χ3v) is 4.27. The Balaban J connectivity index is 1.72. The van der Waals surface area contributed by atoms with Crippen LogP contribution in [0.4, 0.5) is 0 Å². The molecule has 0 unspecified atom stereocenters. The van der Waals surface area contributed by atoms with Crippen molar-refractivity contribution in [3.8, 4) is 5.75 Å². The van der Waals surface area contributed by atoms with Gasteiger partial charge in [0.05, 0.1) is 13.5 Å². The normalized spacial score (nSPS) is 10.3. The Morgan fingerprint density at radius 3 is 2.59 bits per heavy atom. The van der Waals surface area contributed by atoms with Crippen molar-refractivity contribution in [3.63, 3.8) is 0 Å². The molecule has 0 aliphatic carbocycles. The maximum atomic E-state index is 12.0. The molecule has 0 spiro atoms. The topological polar surface area (TPSA) is 38.3 Å². The first-order valence-electron chi connectivity index (χ1n) is 7.27. The minimum absolute atomic E-state index is 0.0222. The van der Waals surface area contributed by atoms with Crippen LogP contribution >= 0.6 is 11.8 Å². The second kappa shape index (κ2) is 8.49. The van der Waals surface area contributed by atoms with Crippen molar-refractivity contribution in [1.29, 1.82) is 0 Å². The fourth-order valence-corrected chi connectivity index (χ4v) is 2.85. The number of amides is 1. The van der Waals surface area contributed by atoms with Gasteiger partial charge in [0.15, 0.2) is 0 Å². The van der Waals surface area contributed by atoms with Gasteiger partial charge in [0.25, 0.3) is 0 Å². The maximum absolute atomic E-state index is 12.0. The number of hydrogen-bond donors (Lipinski definition) is 1. The van der Waals surface area contributed by atoms with Crippen LogP contribution in [0, 0.1) is 6.92 Å². The molecule has 116 valence electrons. The van der Waals surface area contributed by atoms with Gasteiger partial charge in [0, 0.05) is 22.8 Å².